The van der Waals surface area contributed by atoms with Crippen molar-refractivity contribution in [1.29, 1.82) is 0 Å². The van der Waals surface area contributed by atoms with E-state index in [9.17, 15) is 19.6 Å². The van der Waals surface area contributed by atoms with Crippen LogP contribution in [0.3, 0.4) is 0 Å². The smallest absolute Gasteiger partial charge is 0.465 e. The molecule has 0 radical (unpaired) electrons. The van der Waals surface area contributed by atoms with Crippen molar-refractivity contribution in [1.82, 2.24) is 4.90 Å². The number of rotatable bonds is 5. The molecule has 0 bridgehead atoms. The number of carbonyl (C=O) groups excluding carboxylic acids is 2. The zero-order valence-corrected chi connectivity index (χ0v) is 22.7. The summed E-state index contributed by atoms with van der Waals surface area (Å²) in [6.45, 7) is 7.52. The second-order valence-corrected chi connectivity index (χ2v) is 10.2. The van der Waals surface area contributed by atoms with Crippen LogP contribution in [0.5, 0.6) is 0 Å². The summed E-state index contributed by atoms with van der Waals surface area (Å²) in [4.78, 5) is 29.4. The molecule has 39 heavy (non-hydrogen) atoms. The van der Waals surface area contributed by atoms with Crippen LogP contribution in [0, 0.1) is 20.8 Å². The lowest BCUT2D eigenvalue weighted by Gasteiger charge is -2.38. The van der Waals surface area contributed by atoms with Crippen LogP contribution < -0.4 is 10.4 Å². The fourth-order valence-electron chi connectivity index (χ4n) is 6.29. The molecule has 2 aliphatic rings. The quantitative estimate of drug-likeness (QED) is 0.388. The van der Waals surface area contributed by atoms with E-state index in [-0.39, 0.29) is 18.6 Å². The van der Waals surface area contributed by atoms with Crippen LogP contribution in [0.25, 0.3) is 11.1 Å². The van der Waals surface area contributed by atoms with Crippen molar-refractivity contribution < 1.29 is 29.1 Å². The van der Waals surface area contributed by atoms with Gasteiger partial charge in [0.05, 0.1) is 12.7 Å². The highest BCUT2D eigenvalue weighted by Crippen LogP contribution is 2.44. The number of anilines is 1. The van der Waals surface area contributed by atoms with Crippen molar-refractivity contribution in [2.24, 2.45) is 0 Å². The summed E-state index contributed by atoms with van der Waals surface area (Å²) in [5.41, 5.74) is 8.02. The molecule has 1 heterocycles. The molecule has 0 unspecified atom stereocenters. The lowest BCUT2D eigenvalue weighted by atomic mass is 9.71. The summed E-state index contributed by atoms with van der Waals surface area (Å²) < 4.78 is 10.8. The summed E-state index contributed by atoms with van der Waals surface area (Å²) in [7, 11) is -0.418. The van der Waals surface area contributed by atoms with Gasteiger partial charge in [0.25, 0.3) is 0 Å². The maximum atomic E-state index is 13.1. The molecule has 2 N–H and O–H groups in total. The number of benzene rings is 3. The Morgan fingerprint density at radius 3 is 1.97 bits per heavy atom. The Bertz CT molecular complexity index is 1390. The molecule has 1 aliphatic heterocycles. The van der Waals surface area contributed by atoms with Gasteiger partial charge >= 0.3 is 19.2 Å². The zero-order chi connectivity index (χ0) is 27.8. The van der Waals surface area contributed by atoms with E-state index in [4.69, 9.17) is 9.47 Å². The van der Waals surface area contributed by atoms with Crippen molar-refractivity contribution in [2.45, 2.75) is 26.7 Å². The molecule has 202 valence electrons. The van der Waals surface area contributed by atoms with E-state index in [0.717, 1.165) is 11.3 Å². The molecule has 8 nitrogen and oxygen atoms in total. The highest BCUT2D eigenvalue weighted by atomic mass is 16.6. The molecule has 5 rings (SSSR count). The molecule has 1 aliphatic carbocycles. The monoisotopic (exact) mass is 528 g/mol. The Balaban J connectivity index is 1.30. The number of ether oxygens (including phenoxy) is 2. The van der Waals surface area contributed by atoms with Crippen molar-refractivity contribution in [3.63, 3.8) is 0 Å². The Kier molecular flexibility index (Phi) is 7.38. The second kappa shape index (κ2) is 10.7. The Morgan fingerprint density at radius 1 is 0.872 bits per heavy atom. The van der Waals surface area contributed by atoms with Gasteiger partial charge in [-0.25, -0.2) is 9.59 Å². The molecule has 0 atom stereocenters. The number of hydrogen-bond donors (Lipinski definition) is 2. The van der Waals surface area contributed by atoms with Crippen LogP contribution in [0.4, 0.5) is 10.5 Å². The van der Waals surface area contributed by atoms with Crippen LogP contribution in [-0.2, 0) is 9.47 Å². The highest BCUT2D eigenvalue weighted by Gasteiger charge is 2.33. The lowest BCUT2D eigenvalue weighted by Crippen LogP contribution is -2.50. The fourth-order valence-corrected chi connectivity index (χ4v) is 6.29. The summed E-state index contributed by atoms with van der Waals surface area (Å²) in [5.74, 6) is -0.522. The van der Waals surface area contributed by atoms with Gasteiger partial charge in [0.1, 0.15) is 6.61 Å². The molecule has 1 saturated heterocycles. The standard InChI is InChI=1S/C30H33BN2O6/c1-18-26(29(34)38-4)19(2)28(20(3)27(18)31(36)37)32-13-15-33(16-14-32)30(35)39-17-25-23-11-7-5-9-21(23)22-10-6-8-12-24(22)25/h5-12,25,36-37H,13-17H2,1-4H3. The number of fused-ring (bicyclic) bond motifs is 3. The first-order valence-electron chi connectivity index (χ1n) is 13.2. The topological polar surface area (TPSA) is 99.5 Å². The highest BCUT2D eigenvalue weighted by molar-refractivity contribution is 6.60. The van der Waals surface area contributed by atoms with Crippen LogP contribution in [-0.4, -0.2) is 74.0 Å². The molecule has 1 amide bonds. The molecule has 1 fully saturated rings. The molecular formula is C30H33BN2O6. The van der Waals surface area contributed by atoms with E-state index < -0.39 is 13.1 Å². The van der Waals surface area contributed by atoms with E-state index in [0.29, 0.717) is 48.3 Å². The summed E-state index contributed by atoms with van der Waals surface area (Å²) >= 11 is 0. The molecular weight excluding hydrogens is 495 g/mol. The third-order valence-corrected chi connectivity index (χ3v) is 8.11. The maximum absolute atomic E-state index is 13.1. The molecule has 3 aromatic rings. The zero-order valence-electron chi connectivity index (χ0n) is 22.7. The summed E-state index contributed by atoms with van der Waals surface area (Å²) in [6.07, 6.45) is -0.351. The summed E-state index contributed by atoms with van der Waals surface area (Å²) in [5, 5.41) is 20.2. The first-order chi connectivity index (χ1) is 18.7. The van der Waals surface area contributed by atoms with Crippen LogP contribution in [0.1, 0.15) is 44.1 Å². The Labute approximate surface area is 228 Å². The van der Waals surface area contributed by atoms with Gasteiger partial charge in [-0.1, -0.05) is 48.5 Å². The maximum Gasteiger partial charge on any atom is 0.489 e. The lowest BCUT2D eigenvalue weighted by molar-refractivity contribution is 0.0599. The van der Waals surface area contributed by atoms with E-state index in [1.807, 2.05) is 38.1 Å². The van der Waals surface area contributed by atoms with Crippen LogP contribution in [0.15, 0.2) is 48.5 Å². The number of methoxy groups -OCH3 is 1. The van der Waals surface area contributed by atoms with Crippen LogP contribution in [0.2, 0.25) is 0 Å². The van der Waals surface area contributed by atoms with Gasteiger partial charge in [0, 0.05) is 37.8 Å². The van der Waals surface area contributed by atoms with E-state index >= 15 is 0 Å². The third kappa shape index (κ3) is 4.66. The van der Waals surface area contributed by atoms with Crippen molar-refractivity contribution in [3.8, 4) is 11.1 Å². The minimum Gasteiger partial charge on any atom is -0.465 e. The van der Waals surface area contributed by atoms with Gasteiger partial charge in [-0.2, -0.15) is 0 Å². The van der Waals surface area contributed by atoms with Crippen molar-refractivity contribution in [3.05, 3.63) is 81.9 Å². The predicted molar refractivity (Wildman–Crippen MR) is 151 cm³/mol. The Morgan fingerprint density at radius 2 is 1.44 bits per heavy atom. The number of amides is 1. The first-order valence-corrected chi connectivity index (χ1v) is 13.2. The minimum atomic E-state index is -1.73. The summed E-state index contributed by atoms with van der Waals surface area (Å²) in [6, 6.07) is 16.5. The molecule has 0 spiro atoms. The van der Waals surface area contributed by atoms with Gasteiger partial charge in [-0.3, -0.25) is 0 Å². The number of hydrogen-bond acceptors (Lipinski definition) is 7. The van der Waals surface area contributed by atoms with Crippen LogP contribution >= 0.6 is 0 Å². The number of carbonyl (C=O) groups is 2. The number of piperazine rings is 1. The largest absolute Gasteiger partial charge is 0.489 e. The normalized spacial score (nSPS) is 14.6. The SMILES string of the molecule is COC(=O)c1c(C)c(B(O)O)c(C)c(N2CCN(C(=O)OCC3c4ccccc4-c4ccccc43)CC2)c1C. The first kappa shape index (κ1) is 26.8. The minimum absolute atomic E-state index is 0.000527. The van der Waals surface area contributed by atoms with E-state index in [1.165, 1.54) is 29.4 Å². The molecule has 0 saturated carbocycles. The average Bonchev–Trinajstić information content (AvgIpc) is 3.25. The molecule has 9 heteroatoms. The van der Waals surface area contributed by atoms with E-state index in [1.54, 1.807) is 11.8 Å². The predicted octanol–water partition coefficient (Wildman–Crippen LogP) is 3.15. The molecule has 3 aromatic carbocycles. The van der Waals surface area contributed by atoms with Gasteiger partial charge in [-0.15, -0.1) is 0 Å². The van der Waals surface area contributed by atoms with Gasteiger partial charge in [0.2, 0.25) is 0 Å². The average molecular weight is 528 g/mol. The Hall–Kier alpha value is -3.82. The van der Waals surface area contributed by atoms with Gasteiger partial charge < -0.3 is 29.3 Å². The van der Waals surface area contributed by atoms with Crippen molar-refractivity contribution in [2.75, 3.05) is 44.8 Å². The van der Waals surface area contributed by atoms with Crippen molar-refractivity contribution >= 4 is 30.3 Å². The molecule has 0 aromatic heterocycles. The fraction of sp³-hybridized carbons (Fsp3) is 0.333. The van der Waals surface area contributed by atoms with Gasteiger partial charge in [0.15, 0.2) is 0 Å². The van der Waals surface area contributed by atoms with E-state index in [2.05, 4.69) is 29.2 Å². The second-order valence-electron chi connectivity index (χ2n) is 10.2. The van der Waals surface area contributed by atoms with Gasteiger partial charge in [-0.05, 0) is 65.2 Å². The third-order valence-electron chi connectivity index (χ3n) is 8.11. The number of nitrogens with zero attached hydrogens (tertiary/aromatic N) is 2. The number of esters is 1.